The SMILES string of the molecule is Cc1cc(NC(=O)COC(=O)c2ccc(Cl)c(S(=O)(=O)N3CCCC3)c2)no1. The van der Waals surface area contributed by atoms with E-state index in [1.54, 1.807) is 6.92 Å². The lowest BCUT2D eigenvalue weighted by atomic mass is 10.2. The molecule has 0 saturated carbocycles. The summed E-state index contributed by atoms with van der Waals surface area (Å²) in [6.07, 6.45) is 1.55. The number of nitrogens with one attached hydrogen (secondary N) is 1. The molecule has 0 spiro atoms. The molecular weight excluding hydrogens is 410 g/mol. The summed E-state index contributed by atoms with van der Waals surface area (Å²) in [5.74, 6) is -0.745. The molecule has 2 heterocycles. The fourth-order valence-electron chi connectivity index (χ4n) is 2.71. The average molecular weight is 428 g/mol. The third kappa shape index (κ3) is 4.51. The molecule has 1 amide bonds. The van der Waals surface area contributed by atoms with Crippen molar-refractivity contribution in [3.63, 3.8) is 0 Å². The fraction of sp³-hybridized carbons (Fsp3) is 0.353. The Morgan fingerprint density at radius 1 is 1.29 bits per heavy atom. The second-order valence-electron chi connectivity index (χ2n) is 6.20. The van der Waals surface area contributed by atoms with Gasteiger partial charge in [0.05, 0.1) is 10.6 Å². The van der Waals surface area contributed by atoms with Gasteiger partial charge in [-0.15, -0.1) is 0 Å². The third-order valence-electron chi connectivity index (χ3n) is 4.08. The van der Waals surface area contributed by atoms with E-state index in [2.05, 4.69) is 10.5 Å². The molecule has 0 aliphatic carbocycles. The minimum absolute atomic E-state index is 0.0163. The van der Waals surface area contributed by atoms with Crippen LogP contribution in [0.15, 0.2) is 33.7 Å². The van der Waals surface area contributed by atoms with E-state index < -0.39 is 28.5 Å². The predicted molar refractivity (Wildman–Crippen MR) is 99.6 cm³/mol. The highest BCUT2D eigenvalue weighted by Gasteiger charge is 2.30. The van der Waals surface area contributed by atoms with Crippen molar-refractivity contribution >= 4 is 39.3 Å². The molecule has 1 aliphatic rings. The number of rotatable bonds is 6. The van der Waals surface area contributed by atoms with Crippen LogP contribution in [0.1, 0.15) is 29.0 Å². The zero-order valence-corrected chi connectivity index (χ0v) is 16.5. The Hall–Kier alpha value is -2.43. The minimum atomic E-state index is -3.80. The lowest BCUT2D eigenvalue weighted by Gasteiger charge is -2.17. The number of aryl methyl sites for hydroxylation is 1. The van der Waals surface area contributed by atoms with Gasteiger partial charge in [-0.3, -0.25) is 4.79 Å². The first kappa shape index (κ1) is 20.3. The molecule has 2 aromatic rings. The summed E-state index contributed by atoms with van der Waals surface area (Å²) in [6, 6.07) is 5.33. The van der Waals surface area contributed by atoms with Gasteiger partial charge in [0.25, 0.3) is 5.91 Å². The molecule has 3 rings (SSSR count). The zero-order valence-electron chi connectivity index (χ0n) is 15.0. The first-order valence-electron chi connectivity index (χ1n) is 8.47. The van der Waals surface area contributed by atoms with Crippen LogP contribution in [-0.4, -0.2) is 49.5 Å². The van der Waals surface area contributed by atoms with E-state index in [4.69, 9.17) is 20.9 Å². The number of anilines is 1. The molecule has 1 aromatic heterocycles. The smallest absolute Gasteiger partial charge is 0.338 e. The lowest BCUT2D eigenvalue weighted by molar-refractivity contribution is -0.119. The second kappa shape index (κ2) is 8.29. The molecular formula is C17H18ClN3O6S. The van der Waals surface area contributed by atoms with Crippen molar-refractivity contribution < 1.29 is 27.3 Å². The molecule has 1 saturated heterocycles. The number of aromatic nitrogens is 1. The van der Waals surface area contributed by atoms with Crippen LogP contribution in [0.25, 0.3) is 0 Å². The Morgan fingerprint density at radius 2 is 2.00 bits per heavy atom. The lowest BCUT2D eigenvalue weighted by Crippen LogP contribution is -2.28. The second-order valence-corrected chi connectivity index (χ2v) is 8.52. The maximum Gasteiger partial charge on any atom is 0.338 e. The van der Waals surface area contributed by atoms with Crippen LogP contribution in [0.4, 0.5) is 5.82 Å². The van der Waals surface area contributed by atoms with Crippen molar-refractivity contribution in [1.29, 1.82) is 0 Å². The summed E-state index contributed by atoms with van der Waals surface area (Å²) in [6.45, 7) is 1.92. The van der Waals surface area contributed by atoms with Gasteiger partial charge in [0, 0.05) is 19.2 Å². The Balaban J connectivity index is 1.67. The van der Waals surface area contributed by atoms with Crippen LogP contribution in [0.3, 0.4) is 0 Å². The average Bonchev–Trinajstić information content (AvgIpc) is 3.32. The van der Waals surface area contributed by atoms with Crippen molar-refractivity contribution in [3.05, 3.63) is 40.6 Å². The molecule has 28 heavy (non-hydrogen) atoms. The molecule has 1 aromatic carbocycles. The van der Waals surface area contributed by atoms with Crippen molar-refractivity contribution in [2.45, 2.75) is 24.7 Å². The molecule has 0 radical (unpaired) electrons. The summed E-state index contributed by atoms with van der Waals surface area (Å²) in [7, 11) is -3.80. The van der Waals surface area contributed by atoms with E-state index >= 15 is 0 Å². The van der Waals surface area contributed by atoms with Crippen LogP contribution in [0, 0.1) is 6.92 Å². The number of halogens is 1. The van der Waals surface area contributed by atoms with E-state index in [9.17, 15) is 18.0 Å². The number of benzene rings is 1. The third-order valence-corrected chi connectivity index (χ3v) is 6.46. The summed E-state index contributed by atoms with van der Waals surface area (Å²) in [5, 5.41) is 6.02. The molecule has 0 unspecified atom stereocenters. The fourth-order valence-corrected chi connectivity index (χ4v) is 4.73. The summed E-state index contributed by atoms with van der Waals surface area (Å²) in [5.41, 5.74) is -0.0211. The van der Waals surface area contributed by atoms with Crippen LogP contribution >= 0.6 is 11.6 Å². The number of esters is 1. The van der Waals surface area contributed by atoms with Crippen molar-refractivity contribution in [2.75, 3.05) is 25.0 Å². The van der Waals surface area contributed by atoms with Gasteiger partial charge in [-0.2, -0.15) is 4.31 Å². The van der Waals surface area contributed by atoms with Gasteiger partial charge in [0.15, 0.2) is 12.4 Å². The Bertz CT molecular complexity index is 998. The summed E-state index contributed by atoms with van der Waals surface area (Å²) >= 11 is 6.05. The van der Waals surface area contributed by atoms with Crippen molar-refractivity contribution in [1.82, 2.24) is 9.46 Å². The Kier molecular flexibility index (Phi) is 6.01. The highest BCUT2D eigenvalue weighted by molar-refractivity contribution is 7.89. The summed E-state index contributed by atoms with van der Waals surface area (Å²) in [4.78, 5) is 23.9. The van der Waals surface area contributed by atoms with Crippen LogP contribution in [0.5, 0.6) is 0 Å². The van der Waals surface area contributed by atoms with E-state index in [0.717, 1.165) is 18.9 Å². The molecule has 9 nitrogen and oxygen atoms in total. The quantitative estimate of drug-likeness (QED) is 0.702. The topological polar surface area (TPSA) is 119 Å². The number of sulfonamides is 1. The number of hydrogen-bond acceptors (Lipinski definition) is 7. The zero-order chi connectivity index (χ0) is 20.3. The van der Waals surface area contributed by atoms with Gasteiger partial charge in [-0.1, -0.05) is 16.8 Å². The maximum atomic E-state index is 12.7. The van der Waals surface area contributed by atoms with E-state index in [-0.39, 0.29) is 21.3 Å². The molecule has 1 N–H and O–H groups in total. The standard InChI is InChI=1S/C17H18ClN3O6S/c1-11-8-15(20-27-11)19-16(22)10-26-17(23)12-4-5-13(18)14(9-12)28(24,25)21-6-2-3-7-21/h4-5,8-9H,2-3,6-7,10H2,1H3,(H,19,20,22). The van der Waals surface area contributed by atoms with Gasteiger partial charge in [-0.05, 0) is 38.0 Å². The monoisotopic (exact) mass is 427 g/mol. The minimum Gasteiger partial charge on any atom is -0.452 e. The van der Waals surface area contributed by atoms with Crippen LogP contribution < -0.4 is 5.32 Å². The highest BCUT2D eigenvalue weighted by Crippen LogP contribution is 2.28. The highest BCUT2D eigenvalue weighted by atomic mass is 35.5. The Labute approximate surface area is 166 Å². The van der Waals surface area contributed by atoms with Crippen LogP contribution in [0.2, 0.25) is 5.02 Å². The van der Waals surface area contributed by atoms with Crippen molar-refractivity contribution in [2.24, 2.45) is 0 Å². The number of hydrogen-bond donors (Lipinski definition) is 1. The number of amides is 1. The maximum absolute atomic E-state index is 12.7. The molecule has 0 bridgehead atoms. The predicted octanol–water partition coefficient (Wildman–Crippen LogP) is 2.22. The van der Waals surface area contributed by atoms with Gasteiger partial charge >= 0.3 is 5.97 Å². The normalized spacial score (nSPS) is 14.8. The van der Waals surface area contributed by atoms with E-state index in [1.807, 2.05) is 0 Å². The molecule has 1 aliphatic heterocycles. The first-order valence-corrected chi connectivity index (χ1v) is 10.3. The number of ether oxygens (including phenoxy) is 1. The van der Waals surface area contributed by atoms with E-state index in [1.165, 1.54) is 22.5 Å². The molecule has 11 heteroatoms. The number of carbonyl (C=O) groups is 2. The van der Waals surface area contributed by atoms with Gasteiger partial charge in [0.1, 0.15) is 10.7 Å². The largest absolute Gasteiger partial charge is 0.452 e. The number of nitrogens with zero attached hydrogens (tertiary/aromatic N) is 2. The Morgan fingerprint density at radius 3 is 2.64 bits per heavy atom. The molecule has 0 atom stereocenters. The van der Waals surface area contributed by atoms with Crippen molar-refractivity contribution in [3.8, 4) is 0 Å². The van der Waals surface area contributed by atoms with Gasteiger partial charge < -0.3 is 14.6 Å². The first-order chi connectivity index (χ1) is 13.3. The van der Waals surface area contributed by atoms with Crippen LogP contribution in [-0.2, 0) is 19.6 Å². The molecule has 150 valence electrons. The van der Waals surface area contributed by atoms with Gasteiger partial charge in [-0.25, -0.2) is 13.2 Å². The molecule has 1 fully saturated rings. The number of carbonyl (C=O) groups excluding carboxylic acids is 2. The van der Waals surface area contributed by atoms with Gasteiger partial charge in [0.2, 0.25) is 10.0 Å². The van der Waals surface area contributed by atoms with E-state index in [0.29, 0.717) is 18.8 Å². The summed E-state index contributed by atoms with van der Waals surface area (Å²) < 4.78 is 36.5.